The Morgan fingerprint density at radius 2 is 2.00 bits per heavy atom. The van der Waals surface area contributed by atoms with Crippen molar-refractivity contribution >= 4 is 17.4 Å². The molecule has 1 aliphatic heterocycles. The fourth-order valence-corrected chi connectivity index (χ4v) is 3.86. The van der Waals surface area contributed by atoms with E-state index in [4.69, 9.17) is 4.42 Å². The molecule has 1 amide bonds. The summed E-state index contributed by atoms with van der Waals surface area (Å²) in [6.45, 7) is 1.30. The number of nitrogens with one attached hydrogen (secondary N) is 1. The molecule has 0 spiro atoms. The van der Waals surface area contributed by atoms with Gasteiger partial charge in [-0.15, -0.1) is 0 Å². The highest BCUT2D eigenvalue weighted by Crippen LogP contribution is 2.30. The summed E-state index contributed by atoms with van der Waals surface area (Å²) >= 11 is 0. The third-order valence-corrected chi connectivity index (χ3v) is 5.60. The van der Waals surface area contributed by atoms with Gasteiger partial charge in [0.15, 0.2) is 5.69 Å². The van der Waals surface area contributed by atoms with Crippen LogP contribution in [0.2, 0.25) is 0 Å². The van der Waals surface area contributed by atoms with Gasteiger partial charge in [0.25, 0.3) is 5.91 Å². The van der Waals surface area contributed by atoms with Gasteiger partial charge >= 0.3 is 6.18 Å². The van der Waals surface area contributed by atoms with E-state index in [0.29, 0.717) is 17.8 Å². The Hall–Kier alpha value is -4.15. The van der Waals surface area contributed by atoms with Gasteiger partial charge in [-0.3, -0.25) is 4.79 Å². The van der Waals surface area contributed by atoms with Crippen molar-refractivity contribution in [2.45, 2.75) is 25.9 Å². The molecule has 4 aromatic rings. The highest BCUT2D eigenvalue weighted by atomic mass is 19.4. The summed E-state index contributed by atoms with van der Waals surface area (Å²) in [7, 11) is 0. The van der Waals surface area contributed by atoms with E-state index < -0.39 is 12.7 Å². The normalized spacial score (nSPS) is 13.5. The highest BCUT2D eigenvalue weighted by molar-refractivity contribution is 6.05. The Bertz CT molecular complexity index is 1360. The second-order valence-electron chi connectivity index (χ2n) is 8.24. The van der Waals surface area contributed by atoms with Crippen LogP contribution in [0.3, 0.4) is 0 Å². The molecule has 5 rings (SSSR count). The minimum absolute atomic E-state index is 0.0232. The second-order valence-corrected chi connectivity index (χ2v) is 8.24. The van der Waals surface area contributed by atoms with Crippen molar-refractivity contribution in [1.29, 1.82) is 0 Å². The zero-order chi connectivity index (χ0) is 24.6. The molecule has 0 unspecified atom stereocenters. The first kappa shape index (κ1) is 22.6. The number of aryl methyl sites for hydroxylation is 2. The van der Waals surface area contributed by atoms with Crippen LogP contribution in [-0.2, 0) is 6.42 Å². The number of alkyl halides is 3. The summed E-state index contributed by atoms with van der Waals surface area (Å²) in [5.74, 6) is -0.206. The zero-order valence-electron chi connectivity index (χ0n) is 18.7. The lowest BCUT2D eigenvalue weighted by Crippen LogP contribution is -2.35. The predicted molar refractivity (Wildman–Crippen MR) is 123 cm³/mol. The lowest BCUT2D eigenvalue weighted by molar-refractivity contribution is -0.115. The zero-order valence-corrected chi connectivity index (χ0v) is 18.7. The van der Waals surface area contributed by atoms with E-state index >= 15 is 0 Å². The summed E-state index contributed by atoms with van der Waals surface area (Å²) in [5, 5.41) is 6.87. The number of hydrogen-bond acceptors (Lipinski definition) is 6. The third kappa shape index (κ3) is 4.88. The maximum atomic E-state index is 13.3. The molecular formula is C24H21F3N6O2. The molecule has 0 radical (unpaired) electrons. The van der Waals surface area contributed by atoms with Crippen molar-refractivity contribution in [3.63, 3.8) is 0 Å². The topological polar surface area (TPSA) is 89.1 Å². The number of anilines is 2. The Labute approximate surface area is 198 Å². The number of pyridine rings is 1. The number of halogens is 3. The van der Waals surface area contributed by atoms with E-state index in [9.17, 15) is 18.0 Å². The molecule has 3 aromatic heterocycles. The molecule has 0 aliphatic carbocycles. The quantitative estimate of drug-likeness (QED) is 0.440. The first-order valence-corrected chi connectivity index (χ1v) is 11.0. The Kier molecular flexibility index (Phi) is 5.75. The van der Waals surface area contributed by atoms with Gasteiger partial charge in [0, 0.05) is 18.3 Å². The molecule has 0 bridgehead atoms. The van der Waals surface area contributed by atoms with E-state index in [2.05, 4.69) is 20.4 Å². The van der Waals surface area contributed by atoms with E-state index in [1.807, 2.05) is 37.4 Å². The number of rotatable bonds is 5. The molecule has 1 aromatic carbocycles. The van der Waals surface area contributed by atoms with Crippen LogP contribution in [0, 0.1) is 6.92 Å². The van der Waals surface area contributed by atoms with Crippen molar-refractivity contribution in [2.24, 2.45) is 0 Å². The SMILES string of the molecule is Cc1ccc(-n2cc3c(n2)CCCN3C(=O)c2coc(-c3ccnc(NCC(F)(F)F)c3)n2)cc1. The van der Waals surface area contributed by atoms with Crippen LogP contribution in [0.25, 0.3) is 17.1 Å². The van der Waals surface area contributed by atoms with Gasteiger partial charge in [0.1, 0.15) is 18.6 Å². The largest absolute Gasteiger partial charge is 0.444 e. The first-order chi connectivity index (χ1) is 16.8. The number of nitrogens with zero attached hydrogens (tertiary/aromatic N) is 5. The Morgan fingerprint density at radius 1 is 1.20 bits per heavy atom. The van der Waals surface area contributed by atoms with Gasteiger partial charge in [-0.1, -0.05) is 17.7 Å². The minimum atomic E-state index is -4.37. The lowest BCUT2D eigenvalue weighted by Gasteiger charge is -2.24. The van der Waals surface area contributed by atoms with Crippen molar-refractivity contribution in [1.82, 2.24) is 19.7 Å². The van der Waals surface area contributed by atoms with Gasteiger partial charge in [-0.2, -0.15) is 18.3 Å². The number of benzene rings is 1. The van der Waals surface area contributed by atoms with Gasteiger partial charge < -0.3 is 14.6 Å². The van der Waals surface area contributed by atoms with Crippen molar-refractivity contribution < 1.29 is 22.4 Å². The highest BCUT2D eigenvalue weighted by Gasteiger charge is 2.29. The fraction of sp³-hybridized carbons (Fsp3) is 0.250. The van der Waals surface area contributed by atoms with Crippen LogP contribution in [-0.4, -0.2) is 44.9 Å². The molecule has 11 heteroatoms. The number of carbonyl (C=O) groups excluding carboxylic acids is 1. The number of carbonyl (C=O) groups is 1. The van der Waals surface area contributed by atoms with Gasteiger partial charge in [-0.05, 0) is 44.0 Å². The van der Waals surface area contributed by atoms with Crippen molar-refractivity contribution in [3.8, 4) is 17.1 Å². The van der Waals surface area contributed by atoms with Crippen molar-refractivity contribution in [3.05, 3.63) is 72.0 Å². The van der Waals surface area contributed by atoms with Crippen LogP contribution in [0.1, 0.15) is 28.2 Å². The summed E-state index contributed by atoms with van der Waals surface area (Å²) in [6.07, 6.45) is 1.57. The smallest absolute Gasteiger partial charge is 0.405 e. The molecule has 35 heavy (non-hydrogen) atoms. The minimum Gasteiger partial charge on any atom is -0.444 e. The maximum Gasteiger partial charge on any atom is 0.405 e. The Balaban J connectivity index is 1.37. The molecule has 1 aliphatic rings. The molecule has 1 N–H and O–H groups in total. The molecular weight excluding hydrogens is 461 g/mol. The maximum absolute atomic E-state index is 13.3. The fourth-order valence-electron chi connectivity index (χ4n) is 3.86. The van der Waals surface area contributed by atoms with Crippen LogP contribution in [0.15, 0.2) is 59.5 Å². The van der Waals surface area contributed by atoms with Gasteiger partial charge in [0.2, 0.25) is 5.89 Å². The molecule has 8 nitrogen and oxygen atoms in total. The Morgan fingerprint density at radius 3 is 2.77 bits per heavy atom. The first-order valence-electron chi connectivity index (χ1n) is 11.0. The van der Waals surface area contributed by atoms with Crippen molar-refractivity contribution in [2.75, 3.05) is 23.3 Å². The third-order valence-electron chi connectivity index (χ3n) is 5.60. The number of aromatic nitrogens is 4. The summed E-state index contributed by atoms with van der Waals surface area (Å²) < 4.78 is 44.7. The molecule has 4 heterocycles. The van der Waals surface area contributed by atoms with Gasteiger partial charge in [0.05, 0.1) is 23.3 Å². The second kappa shape index (κ2) is 8.90. The number of fused-ring (bicyclic) bond motifs is 1. The van der Waals surface area contributed by atoms with Crippen LogP contribution >= 0.6 is 0 Å². The molecule has 0 saturated carbocycles. The molecule has 0 atom stereocenters. The number of amides is 1. The average Bonchev–Trinajstić information content (AvgIpc) is 3.50. The standard InChI is InChI=1S/C24H21F3N6O2/c1-15-4-6-17(7-5-15)33-12-20-18(31-33)3-2-10-32(20)23(34)19-13-35-22(30-19)16-8-9-28-21(11-16)29-14-24(25,26)27/h4-9,11-13H,2-3,10,14H2,1H3,(H,28,29). The number of oxazole rings is 1. The summed E-state index contributed by atoms with van der Waals surface area (Å²) in [6, 6.07) is 10.9. The van der Waals surface area contributed by atoms with E-state index in [1.165, 1.54) is 18.5 Å². The van der Waals surface area contributed by atoms with E-state index in [1.54, 1.807) is 15.6 Å². The summed E-state index contributed by atoms with van der Waals surface area (Å²) in [4.78, 5) is 23.1. The van der Waals surface area contributed by atoms with E-state index in [0.717, 1.165) is 29.8 Å². The monoisotopic (exact) mass is 482 g/mol. The van der Waals surface area contributed by atoms with Crippen LogP contribution < -0.4 is 10.2 Å². The van der Waals surface area contributed by atoms with Crippen LogP contribution in [0.5, 0.6) is 0 Å². The lowest BCUT2D eigenvalue weighted by atomic mass is 10.1. The molecule has 180 valence electrons. The predicted octanol–water partition coefficient (Wildman–Crippen LogP) is 4.80. The van der Waals surface area contributed by atoms with Gasteiger partial charge in [-0.25, -0.2) is 14.6 Å². The summed E-state index contributed by atoms with van der Waals surface area (Å²) in [5.41, 5.74) is 4.07. The van der Waals surface area contributed by atoms with E-state index in [-0.39, 0.29) is 23.3 Å². The molecule has 0 fully saturated rings. The average molecular weight is 482 g/mol. The van der Waals surface area contributed by atoms with Crippen LogP contribution in [0.4, 0.5) is 24.7 Å². The number of hydrogen-bond donors (Lipinski definition) is 1. The molecule has 0 saturated heterocycles.